The van der Waals surface area contributed by atoms with E-state index in [2.05, 4.69) is 25.2 Å². The van der Waals surface area contributed by atoms with Gasteiger partial charge in [-0.1, -0.05) is 26.0 Å². The molecular formula is C17H25NO3. The lowest BCUT2D eigenvalue weighted by atomic mass is 10.0. The Balaban J connectivity index is 2.03. The van der Waals surface area contributed by atoms with Crippen LogP contribution in [0.15, 0.2) is 24.3 Å². The standard InChI is InChI=1S/C17H25NO3/c1-12(2)13-6-5-7-15(10-13)21-11-17(3,16(19)20-4)18-14-8-9-14/h5-7,10,12,14,18H,8-9,11H2,1-4H3. The summed E-state index contributed by atoms with van der Waals surface area (Å²) < 4.78 is 10.8. The number of benzene rings is 1. The van der Waals surface area contributed by atoms with Crippen LogP contribution in [0.5, 0.6) is 5.75 Å². The molecule has 1 aliphatic rings. The number of hydrogen-bond donors (Lipinski definition) is 1. The van der Waals surface area contributed by atoms with Crippen molar-refractivity contribution in [2.75, 3.05) is 13.7 Å². The van der Waals surface area contributed by atoms with Crippen LogP contribution in [0.1, 0.15) is 45.1 Å². The molecule has 4 nitrogen and oxygen atoms in total. The number of rotatable bonds is 7. The monoisotopic (exact) mass is 291 g/mol. The number of carbonyl (C=O) groups excluding carboxylic acids is 1. The van der Waals surface area contributed by atoms with Crippen molar-refractivity contribution in [1.82, 2.24) is 5.32 Å². The minimum absolute atomic E-state index is 0.262. The van der Waals surface area contributed by atoms with Crippen molar-refractivity contribution in [2.45, 2.75) is 51.1 Å². The van der Waals surface area contributed by atoms with Crippen LogP contribution in [-0.2, 0) is 9.53 Å². The fraction of sp³-hybridized carbons (Fsp3) is 0.588. The lowest BCUT2D eigenvalue weighted by Crippen LogP contribution is -2.55. The summed E-state index contributed by atoms with van der Waals surface area (Å²) in [4.78, 5) is 12.0. The van der Waals surface area contributed by atoms with Crippen molar-refractivity contribution in [3.63, 3.8) is 0 Å². The van der Waals surface area contributed by atoms with Gasteiger partial charge in [0.1, 0.15) is 17.9 Å². The van der Waals surface area contributed by atoms with Gasteiger partial charge < -0.3 is 9.47 Å². The molecule has 2 rings (SSSR count). The maximum absolute atomic E-state index is 12.0. The first-order valence-electron chi connectivity index (χ1n) is 7.53. The third-order valence-corrected chi connectivity index (χ3v) is 3.79. The first kappa shape index (κ1) is 15.8. The molecule has 116 valence electrons. The Morgan fingerprint density at radius 1 is 1.43 bits per heavy atom. The van der Waals surface area contributed by atoms with E-state index in [4.69, 9.17) is 9.47 Å². The summed E-state index contributed by atoms with van der Waals surface area (Å²) in [5.74, 6) is 0.952. The second-order valence-corrected chi connectivity index (χ2v) is 6.26. The number of esters is 1. The highest BCUT2D eigenvalue weighted by Crippen LogP contribution is 2.25. The van der Waals surface area contributed by atoms with Gasteiger partial charge in [0.2, 0.25) is 0 Å². The van der Waals surface area contributed by atoms with E-state index < -0.39 is 5.54 Å². The maximum Gasteiger partial charge on any atom is 0.329 e. The van der Waals surface area contributed by atoms with Crippen LogP contribution < -0.4 is 10.1 Å². The van der Waals surface area contributed by atoms with E-state index in [1.165, 1.54) is 12.7 Å². The highest BCUT2D eigenvalue weighted by molar-refractivity contribution is 5.80. The van der Waals surface area contributed by atoms with Crippen LogP contribution in [0.25, 0.3) is 0 Å². The molecule has 1 N–H and O–H groups in total. The summed E-state index contributed by atoms with van der Waals surface area (Å²) in [6.07, 6.45) is 2.21. The molecule has 0 saturated heterocycles. The predicted octanol–water partition coefficient (Wildman–Crippen LogP) is 2.87. The largest absolute Gasteiger partial charge is 0.491 e. The van der Waals surface area contributed by atoms with Gasteiger partial charge >= 0.3 is 5.97 Å². The molecule has 0 bridgehead atoms. The quantitative estimate of drug-likeness (QED) is 0.785. The molecule has 1 fully saturated rings. The smallest absolute Gasteiger partial charge is 0.329 e. The van der Waals surface area contributed by atoms with E-state index in [1.54, 1.807) is 0 Å². The summed E-state index contributed by atoms with van der Waals surface area (Å²) in [5, 5.41) is 3.33. The molecule has 1 unspecified atom stereocenters. The number of nitrogens with one attached hydrogen (secondary N) is 1. The van der Waals surface area contributed by atoms with E-state index in [0.717, 1.165) is 18.6 Å². The normalized spacial score (nSPS) is 17.4. The molecule has 1 aromatic rings. The summed E-state index contributed by atoms with van der Waals surface area (Å²) in [7, 11) is 1.41. The average Bonchev–Trinajstić information content (AvgIpc) is 3.28. The molecule has 0 spiro atoms. The van der Waals surface area contributed by atoms with Crippen molar-refractivity contribution in [3.8, 4) is 5.75 Å². The Labute approximate surface area is 126 Å². The van der Waals surface area contributed by atoms with Gasteiger partial charge in [0.25, 0.3) is 0 Å². The number of carbonyl (C=O) groups is 1. The van der Waals surface area contributed by atoms with Gasteiger partial charge in [-0.25, -0.2) is 4.79 Å². The lowest BCUT2D eigenvalue weighted by molar-refractivity contribution is -0.149. The first-order valence-corrected chi connectivity index (χ1v) is 7.53. The fourth-order valence-corrected chi connectivity index (χ4v) is 2.25. The SMILES string of the molecule is COC(=O)C(C)(COc1cccc(C(C)C)c1)NC1CC1. The number of hydrogen-bond acceptors (Lipinski definition) is 4. The van der Waals surface area contributed by atoms with Gasteiger partial charge in [0.15, 0.2) is 0 Å². The molecule has 0 aromatic heterocycles. The summed E-state index contributed by atoms with van der Waals surface area (Å²) in [5.41, 5.74) is 0.423. The van der Waals surface area contributed by atoms with Crippen LogP contribution in [-0.4, -0.2) is 31.3 Å². The second kappa shape index (κ2) is 6.48. The van der Waals surface area contributed by atoms with Crippen LogP contribution >= 0.6 is 0 Å². The van der Waals surface area contributed by atoms with Crippen molar-refractivity contribution in [2.24, 2.45) is 0 Å². The molecular weight excluding hydrogens is 266 g/mol. The van der Waals surface area contributed by atoms with Crippen LogP contribution in [0.3, 0.4) is 0 Å². The Bertz CT molecular complexity index is 497. The minimum Gasteiger partial charge on any atom is -0.491 e. The van der Waals surface area contributed by atoms with E-state index in [9.17, 15) is 4.79 Å². The van der Waals surface area contributed by atoms with E-state index in [0.29, 0.717) is 12.0 Å². The first-order chi connectivity index (χ1) is 9.94. The van der Waals surface area contributed by atoms with E-state index in [-0.39, 0.29) is 12.6 Å². The van der Waals surface area contributed by atoms with E-state index >= 15 is 0 Å². The van der Waals surface area contributed by atoms with Crippen molar-refractivity contribution in [1.29, 1.82) is 0 Å². The third-order valence-electron chi connectivity index (χ3n) is 3.79. The third kappa shape index (κ3) is 4.21. The summed E-state index contributed by atoms with van der Waals surface area (Å²) in [6.45, 7) is 6.39. The zero-order valence-electron chi connectivity index (χ0n) is 13.3. The molecule has 1 aliphatic carbocycles. The molecule has 1 saturated carbocycles. The number of methoxy groups -OCH3 is 1. The molecule has 0 amide bonds. The average molecular weight is 291 g/mol. The van der Waals surface area contributed by atoms with Crippen molar-refractivity contribution in [3.05, 3.63) is 29.8 Å². The minimum atomic E-state index is -0.802. The van der Waals surface area contributed by atoms with Gasteiger partial charge in [-0.05, 0) is 43.4 Å². The zero-order chi connectivity index (χ0) is 15.5. The second-order valence-electron chi connectivity index (χ2n) is 6.26. The van der Waals surface area contributed by atoms with Gasteiger partial charge in [-0.2, -0.15) is 0 Å². The maximum atomic E-state index is 12.0. The Morgan fingerprint density at radius 2 is 2.14 bits per heavy atom. The van der Waals surface area contributed by atoms with Crippen molar-refractivity contribution < 1.29 is 14.3 Å². The highest BCUT2D eigenvalue weighted by Gasteiger charge is 2.40. The molecule has 4 heteroatoms. The topological polar surface area (TPSA) is 47.6 Å². The van der Waals surface area contributed by atoms with Gasteiger partial charge in [0, 0.05) is 6.04 Å². The number of ether oxygens (including phenoxy) is 2. The molecule has 1 aromatic carbocycles. The Kier molecular flexibility index (Phi) is 4.88. The van der Waals surface area contributed by atoms with Crippen molar-refractivity contribution >= 4 is 5.97 Å². The lowest BCUT2D eigenvalue weighted by Gasteiger charge is -2.28. The molecule has 0 aliphatic heterocycles. The van der Waals surface area contributed by atoms with Gasteiger partial charge in [-0.3, -0.25) is 5.32 Å². The fourth-order valence-electron chi connectivity index (χ4n) is 2.25. The van der Waals surface area contributed by atoms with Crippen LogP contribution in [0, 0.1) is 0 Å². The predicted molar refractivity (Wildman–Crippen MR) is 82.6 cm³/mol. The highest BCUT2D eigenvalue weighted by atomic mass is 16.5. The van der Waals surface area contributed by atoms with Crippen LogP contribution in [0.2, 0.25) is 0 Å². The van der Waals surface area contributed by atoms with Crippen LogP contribution in [0.4, 0.5) is 0 Å². The Hall–Kier alpha value is -1.55. The molecule has 0 radical (unpaired) electrons. The Morgan fingerprint density at radius 3 is 2.71 bits per heavy atom. The van der Waals surface area contributed by atoms with Gasteiger partial charge in [0.05, 0.1) is 7.11 Å². The molecule has 0 heterocycles. The summed E-state index contributed by atoms with van der Waals surface area (Å²) in [6, 6.07) is 8.41. The molecule has 21 heavy (non-hydrogen) atoms. The van der Waals surface area contributed by atoms with Gasteiger partial charge in [-0.15, -0.1) is 0 Å². The van der Waals surface area contributed by atoms with E-state index in [1.807, 2.05) is 25.1 Å². The zero-order valence-corrected chi connectivity index (χ0v) is 13.3. The summed E-state index contributed by atoms with van der Waals surface area (Å²) >= 11 is 0. The molecule has 1 atom stereocenters.